The number of anilines is 1. The van der Waals surface area contributed by atoms with Crippen molar-refractivity contribution in [3.05, 3.63) is 72.2 Å². The lowest BCUT2D eigenvalue weighted by molar-refractivity contribution is -0.112. The van der Waals surface area contributed by atoms with E-state index in [2.05, 4.69) is 5.32 Å². The predicted octanol–water partition coefficient (Wildman–Crippen LogP) is 3.89. The van der Waals surface area contributed by atoms with Crippen molar-refractivity contribution in [2.45, 2.75) is 13.5 Å². The summed E-state index contributed by atoms with van der Waals surface area (Å²) in [6.45, 7) is 2.49. The first kappa shape index (κ1) is 16.5. The summed E-state index contributed by atoms with van der Waals surface area (Å²) in [5.41, 5.74) is 1.18. The Balaban J connectivity index is 2.08. The molecule has 0 aromatic heterocycles. The van der Waals surface area contributed by atoms with Crippen LogP contribution in [0, 0.1) is 5.82 Å². The minimum Gasteiger partial charge on any atom is -0.501 e. The molecule has 120 valence electrons. The van der Waals surface area contributed by atoms with Crippen LogP contribution in [0.25, 0.3) is 0 Å². The highest BCUT2D eigenvalue weighted by Crippen LogP contribution is 2.28. The molecule has 0 aliphatic heterocycles. The predicted molar refractivity (Wildman–Crippen MR) is 86.6 cm³/mol. The van der Waals surface area contributed by atoms with E-state index in [-0.39, 0.29) is 18.0 Å². The molecule has 0 heterocycles. The molecule has 0 aliphatic carbocycles. The van der Waals surface area contributed by atoms with Crippen molar-refractivity contribution < 1.29 is 18.7 Å². The lowest BCUT2D eigenvalue weighted by Gasteiger charge is -2.12. The van der Waals surface area contributed by atoms with Crippen molar-refractivity contribution in [3.63, 3.8) is 0 Å². The number of para-hydroxylation sites is 1. The van der Waals surface area contributed by atoms with Crippen molar-refractivity contribution >= 4 is 11.6 Å². The number of hydrogen-bond acceptors (Lipinski definition) is 3. The van der Waals surface area contributed by atoms with Crippen molar-refractivity contribution in [2.75, 3.05) is 11.9 Å². The van der Waals surface area contributed by atoms with E-state index in [9.17, 15) is 9.18 Å². The largest absolute Gasteiger partial charge is 0.501 e. The third-order valence-corrected chi connectivity index (χ3v) is 2.93. The van der Waals surface area contributed by atoms with Gasteiger partial charge in [-0.05, 0) is 24.6 Å². The van der Waals surface area contributed by atoms with Gasteiger partial charge in [0.15, 0.2) is 11.6 Å². The second kappa shape index (κ2) is 8.58. The van der Waals surface area contributed by atoms with Gasteiger partial charge in [0.2, 0.25) is 0 Å². The maximum Gasteiger partial charge on any atom is 0.251 e. The molecule has 0 aliphatic rings. The fourth-order valence-corrected chi connectivity index (χ4v) is 1.86. The van der Waals surface area contributed by atoms with Gasteiger partial charge in [-0.2, -0.15) is 0 Å². The Hall–Kier alpha value is -2.82. The molecule has 2 aromatic carbocycles. The molecule has 4 nitrogen and oxygen atoms in total. The zero-order chi connectivity index (χ0) is 16.5. The summed E-state index contributed by atoms with van der Waals surface area (Å²) < 4.78 is 24.5. The molecular formula is C18H18FNO3. The summed E-state index contributed by atoms with van der Waals surface area (Å²) in [6, 6.07) is 13.8. The van der Waals surface area contributed by atoms with Crippen molar-refractivity contribution in [3.8, 4) is 5.75 Å². The number of ether oxygens (including phenoxy) is 2. The van der Waals surface area contributed by atoms with Crippen molar-refractivity contribution in [2.24, 2.45) is 0 Å². The molecule has 5 heteroatoms. The molecule has 0 saturated carbocycles. The number of nitrogens with one attached hydrogen (secondary N) is 1. The van der Waals surface area contributed by atoms with E-state index in [1.165, 1.54) is 24.5 Å². The fraction of sp³-hybridized carbons (Fsp3) is 0.167. The number of halogens is 1. The Bertz CT molecular complexity index is 671. The molecule has 0 fully saturated rings. The Morgan fingerprint density at radius 1 is 1.17 bits per heavy atom. The summed E-state index contributed by atoms with van der Waals surface area (Å²) in [6.07, 6.45) is 2.52. The SMILES string of the molecule is CCOC=CC(=O)Nc1cccc(F)c1OCc1ccccc1. The van der Waals surface area contributed by atoms with Gasteiger partial charge in [-0.15, -0.1) is 0 Å². The first-order valence-corrected chi connectivity index (χ1v) is 7.25. The van der Waals surface area contributed by atoms with Crippen LogP contribution in [0.1, 0.15) is 12.5 Å². The molecule has 0 saturated heterocycles. The summed E-state index contributed by atoms with van der Waals surface area (Å²) in [4.78, 5) is 11.8. The Morgan fingerprint density at radius 2 is 1.96 bits per heavy atom. The second-order valence-electron chi connectivity index (χ2n) is 4.64. The summed E-state index contributed by atoms with van der Waals surface area (Å²) in [7, 11) is 0. The standard InChI is InChI=1S/C18H18FNO3/c1-2-22-12-11-17(21)20-16-10-6-9-15(19)18(16)23-13-14-7-4-3-5-8-14/h3-12H,2,13H2,1H3,(H,20,21). The van der Waals surface area contributed by atoms with Crippen molar-refractivity contribution in [1.29, 1.82) is 0 Å². The van der Waals surface area contributed by atoms with Crippen LogP contribution in [0.15, 0.2) is 60.9 Å². The van der Waals surface area contributed by atoms with Gasteiger partial charge in [0.25, 0.3) is 5.91 Å². The van der Waals surface area contributed by atoms with Crippen LogP contribution in [0.2, 0.25) is 0 Å². The van der Waals surface area contributed by atoms with E-state index < -0.39 is 11.7 Å². The lowest BCUT2D eigenvalue weighted by atomic mass is 10.2. The number of carbonyl (C=O) groups excluding carboxylic acids is 1. The van der Waals surface area contributed by atoms with Gasteiger partial charge in [0, 0.05) is 6.08 Å². The summed E-state index contributed by atoms with van der Waals surface area (Å²) in [5, 5.41) is 2.58. The lowest BCUT2D eigenvalue weighted by Crippen LogP contribution is -2.10. The highest BCUT2D eigenvalue weighted by molar-refractivity contribution is 6.00. The molecule has 0 unspecified atom stereocenters. The fourth-order valence-electron chi connectivity index (χ4n) is 1.86. The van der Waals surface area contributed by atoms with Crippen LogP contribution in [0.4, 0.5) is 10.1 Å². The van der Waals surface area contributed by atoms with Gasteiger partial charge in [0.05, 0.1) is 18.6 Å². The Morgan fingerprint density at radius 3 is 2.70 bits per heavy atom. The third kappa shape index (κ3) is 5.14. The van der Waals surface area contributed by atoms with Gasteiger partial charge in [-0.25, -0.2) is 4.39 Å². The molecule has 23 heavy (non-hydrogen) atoms. The third-order valence-electron chi connectivity index (χ3n) is 2.93. The molecule has 0 radical (unpaired) electrons. The Labute approximate surface area is 134 Å². The van der Waals surface area contributed by atoms with Crippen molar-refractivity contribution in [1.82, 2.24) is 0 Å². The molecule has 1 N–H and O–H groups in total. The smallest absolute Gasteiger partial charge is 0.251 e. The number of hydrogen-bond donors (Lipinski definition) is 1. The minimum absolute atomic E-state index is 0.00881. The van der Waals surface area contributed by atoms with E-state index >= 15 is 0 Å². The number of rotatable bonds is 7. The van der Waals surface area contributed by atoms with Gasteiger partial charge in [-0.1, -0.05) is 36.4 Å². The van der Waals surface area contributed by atoms with E-state index in [0.717, 1.165) is 5.56 Å². The van der Waals surface area contributed by atoms with Gasteiger partial charge < -0.3 is 14.8 Å². The van der Waals surface area contributed by atoms with E-state index in [0.29, 0.717) is 6.61 Å². The van der Waals surface area contributed by atoms with Gasteiger partial charge in [-0.3, -0.25) is 4.79 Å². The van der Waals surface area contributed by atoms with Crippen LogP contribution in [-0.4, -0.2) is 12.5 Å². The maximum absolute atomic E-state index is 14.0. The molecule has 1 amide bonds. The zero-order valence-corrected chi connectivity index (χ0v) is 12.8. The van der Waals surface area contributed by atoms with E-state index in [1.807, 2.05) is 37.3 Å². The van der Waals surface area contributed by atoms with Gasteiger partial charge >= 0.3 is 0 Å². The molecule has 2 rings (SSSR count). The quantitative estimate of drug-likeness (QED) is 0.623. The van der Waals surface area contributed by atoms with Crippen LogP contribution in [0.5, 0.6) is 5.75 Å². The molecular weight excluding hydrogens is 297 g/mol. The van der Waals surface area contributed by atoms with E-state index in [4.69, 9.17) is 9.47 Å². The molecule has 0 spiro atoms. The van der Waals surface area contributed by atoms with Crippen LogP contribution < -0.4 is 10.1 Å². The van der Waals surface area contributed by atoms with E-state index in [1.54, 1.807) is 6.07 Å². The second-order valence-corrected chi connectivity index (χ2v) is 4.64. The van der Waals surface area contributed by atoms with Crippen LogP contribution in [0.3, 0.4) is 0 Å². The first-order valence-electron chi connectivity index (χ1n) is 7.25. The number of amides is 1. The average Bonchev–Trinajstić information content (AvgIpc) is 2.55. The van der Waals surface area contributed by atoms with Gasteiger partial charge in [0.1, 0.15) is 6.61 Å². The van der Waals surface area contributed by atoms with Crippen LogP contribution in [-0.2, 0) is 16.1 Å². The average molecular weight is 315 g/mol. The highest BCUT2D eigenvalue weighted by Gasteiger charge is 2.11. The normalized spacial score (nSPS) is 10.5. The minimum atomic E-state index is -0.535. The monoisotopic (exact) mass is 315 g/mol. The summed E-state index contributed by atoms with van der Waals surface area (Å²) >= 11 is 0. The molecule has 0 atom stereocenters. The number of benzene rings is 2. The molecule has 2 aromatic rings. The zero-order valence-electron chi connectivity index (χ0n) is 12.8. The topological polar surface area (TPSA) is 47.6 Å². The summed E-state index contributed by atoms with van der Waals surface area (Å²) in [5.74, 6) is -0.948. The number of carbonyl (C=O) groups is 1. The maximum atomic E-state index is 14.0. The first-order chi connectivity index (χ1) is 11.2. The molecule has 0 bridgehead atoms. The van der Waals surface area contributed by atoms with Crippen LogP contribution >= 0.6 is 0 Å². The Kier molecular flexibility index (Phi) is 6.17. The highest BCUT2D eigenvalue weighted by atomic mass is 19.1.